The fourth-order valence-corrected chi connectivity index (χ4v) is 2.68. The first kappa shape index (κ1) is 13.3. The van der Waals surface area contributed by atoms with Gasteiger partial charge in [0.2, 0.25) is 0 Å². The van der Waals surface area contributed by atoms with Gasteiger partial charge in [0, 0.05) is 5.39 Å². The summed E-state index contributed by atoms with van der Waals surface area (Å²) in [5.41, 5.74) is 2.44. The van der Waals surface area contributed by atoms with E-state index in [-0.39, 0.29) is 6.04 Å². The zero-order chi connectivity index (χ0) is 15.6. The Morgan fingerprint density at radius 2 is 1.91 bits per heavy atom. The van der Waals surface area contributed by atoms with Crippen LogP contribution < -0.4 is 0 Å². The quantitative estimate of drug-likeness (QED) is 0.580. The molecular formula is C18H12N4O. The van der Waals surface area contributed by atoms with Crippen LogP contribution in [0.15, 0.2) is 71.7 Å². The van der Waals surface area contributed by atoms with Crippen molar-refractivity contribution >= 4 is 11.0 Å². The predicted octanol–water partition coefficient (Wildman–Crippen LogP) is 3.53. The Kier molecular flexibility index (Phi) is 3.13. The Hall–Kier alpha value is -3.39. The molecule has 0 radical (unpaired) electrons. The summed E-state index contributed by atoms with van der Waals surface area (Å²) in [4.78, 5) is 4.04. The number of fused-ring (bicyclic) bond motifs is 1. The number of nitrogens with zero attached hydrogens (tertiary/aromatic N) is 4. The highest BCUT2D eigenvalue weighted by atomic mass is 16.3. The number of rotatable bonds is 3. The highest BCUT2D eigenvalue weighted by molar-refractivity contribution is 5.78. The van der Waals surface area contributed by atoms with Crippen LogP contribution in [-0.2, 0) is 0 Å². The van der Waals surface area contributed by atoms with Gasteiger partial charge in [-0.05, 0) is 29.8 Å². The average molecular weight is 300 g/mol. The lowest BCUT2D eigenvalue weighted by Gasteiger charge is -2.15. The summed E-state index contributed by atoms with van der Waals surface area (Å²) in [5.74, 6) is 0.779. The van der Waals surface area contributed by atoms with Crippen LogP contribution in [0.25, 0.3) is 11.0 Å². The van der Waals surface area contributed by atoms with E-state index >= 15 is 0 Å². The van der Waals surface area contributed by atoms with Crippen molar-refractivity contribution in [3.05, 3.63) is 84.1 Å². The van der Waals surface area contributed by atoms with Crippen molar-refractivity contribution in [3.8, 4) is 6.07 Å². The maximum absolute atomic E-state index is 8.97. The molecule has 4 aromatic rings. The first-order chi connectivity index (χ1) is 11.3. The van der Waals surface area contributed by atoms with Crippen molar-refractivity contribution < 1.29 is 4.42 Å². The number of nitriles is 1. The SMILES string of the molecule is N#Cc1ccc([C@H](c2cc3ccccc3o2)n2cncn2)cc1. The molecule has 2 aromatic heterocycles. The van der Waals surface area contributed by atoms with Crippen molar-refractivity contribution in [3.63, 3.8) is 0 Å². The maximum Gasteiger partial charge on any atom is 0.137 e. The van der Waals surface area contributed by atoms with Gasteiger partial charge in [-0.25, -0.2) is 9.67 Å². The van der Waals surface area contributed by atoms with Crippen LogP contribution in [0.2, 0.25) is 0 Å². The van der Waals surface area contributed by atoms with Crippen LogP contribution in [-0.4, -0.2) is 14.8 Å². The standard InChI is InChI=1S/C18H12N4O/c19-10-13-5-7-14(8-6-13)18(22-12-20-11-21-22)17-9-15-3-1-2-4-16(15)23-17/h1-9,11-12,18H/t18-/m1/s1. The van der Waals surface area contributed by atoms with Gasteiger partial charge in [0.15, 0.2) is 0 Å². The van der Waals surface area contributed by atoms with Crippen LogP contribution in [0.4, 0.5) is 0 Å². The molecule has 0 spiro atoms. The van der Waals surface area contributed by atoms with E-state index < -0.39 is 0 Å². The van der Waals surface area contributed by atoms with E-state index in [2.05, 4.69) is 16.2 Å². The molecular weight excluding hydrogens is 288 g/mol. The minimum absolute atomic E-state index is 0.224. The van der Waals surface area contributed by atoms with E-state index in [4.69, 9.17) is 9.68 Å². The molecule has 0 amide bonds. The smallest absolute Gasteiger partial charge is 0.137 e. The molecule has 0 bridgehead atoms. The zero-order valence-corrected chi connectivity index (χ0v) is 12.1. The van der Waals surface area contributed by atoms with E-state index in [0.29, 0.717) is 5.56 Å². The lowest BCUT2D eigenvalue weighted by atomic mass is 10.0. The molecule has 0 unspecified atom stereocenters. The third-order valence-corrected chi connectivity index (χ3v) is 3.77. The highest BCUT2D eigenvalue weighted by Crippen LogP contribution is 2.30. The highest BCUT2D eigenvalue weighted by Gasteiger charge is 2.21. The molecule has 0 N–H and O–H groups in total. The number of benzene rings is 2. The molecule has 23 heavy (non-hydrogen) atoms. The Morgan fingerprint density at radius 1 is 1.09 bits per heavy atom. The first-order valence-electron chi connectivity index (χ1n) is 7.18. The van der Waals surface area contributed by atoms with E-state index in [1.54, 1.807) is 23.1 Å². The van der Waals surface area contributed by atoms with Crippen molar-refractivity contribution in [2.75, 3.05) is 0 Å². The molecule has 1 atom stereocenters. The first-order valence-corrected chi connectivity index (χ1v) is 7.18. The zero-order valence-electron chi connectivity index (χ0n) is 12.1. The second-order valence-electron chi connectivity index (χ2n) is 5.20. The lowest BCUT2D eigenvalue weighted by Crippen LogP contribution is -2.12. The van der Waals surface area contributed by atoms with Gasteiger partial charge in [-0.15, -0.1) is 0 Å². The summed E-state index contributed by atoms with van der Waals surface area (Å²) in [7, 11) is 0. The van der Waals surface area contributed by atoms with Crippen LogP contribution in [0, 0.1) is 11.3 Å². The second kappa shape index (κ2) is 5.43. The Balaban J connectivity index is 1.86. The molecule has 5 heteroatoms. The molecule has 0 fully saturated rings. The summed E-state index contributed by atoms with van der Waals surface area (Å²) < 4.78 is 7.76. The largest absolute Gasteiger partial charge is 0.458 e. The predicted molar refractivity (Wildman–Crippen MR) is 84.6 cm³/mol. The normalized spacial score (nSPS) is 12.1. The fourth-order valence-electron chi connectivity index (χ4n) is 2.68. The van der Waals surface area contributed by atoms with Gasteiger partial charge in [-0.2, -0.15) is 10.4 Å². The summed E-state index contributed by atoms with van der Waals surface area (Å²) in [6.07, 6.45) is 3.16. The maximum atomic E-state index is 8.97. The summed E-state index contributed by atoms with van der Waals surface area (Å²) >= 11 is 0. The van der Waals surface area contributed by atoms with E-state index in [1.165, 1.54) is 6.33 Å². The molecule has 0 aliphatic rings. The number of aromatic nitrogens is 3. The summed E-state index contributed by atoms with van der Waals surface area (Å²) in [6, 6.07) is 19.2. The van der Waals surface area contributed by atoms with Crippen molar-refractivity contribution in [1.82, 2.24) is 14.8 Å². The van der Waals surface area contributed by atoms with Crippen molar-refractivity contribution in [1.29, 1.82) is 5.26 Å². The average Bonchev–Trinajstić information content (AvgIpc) is 3.25. The minimum atomic E-state index is -0.224. The molecule has 110 valence electrons. The van der Waals surface area contributed by atoms with Gasteiger partial charge in [0.25, 0.3) is 0 Å². The molecule has 5 nitrogen and oxygen atoms in total. The summed E-state index contributed by atoms with van der Waals surface area (Å²) in [5, 5.41) is 14.3. The van der Waals surface area contributed by atoms with Gasteiger partial charge in [0.1, 0.15) is 30.0 Å². The molecule has 0 aliphatic heterocycles. The third kappa shape index (κ3) is 2.36. The number of hydrogen-bond acceptors (Lipinski definition) is 4. The van der Waals surface area contributed by atoms with Crippen molar-refractivity contribution in [2.45, 2.75) is 6.04 Å². The molecule has 0 saturated heterocycles. The van der Waals surface area contributed by atoms with Gasteiger partial charge < -0.3 is 4.42 Å². The number of hydrogen-bond donors (Lipinski definition) is 0. The van der Waals surface area contributed by atoms with Crippen LogP contribution in [0.1, 0.15) is 22.9 Å². The molecule has 2 aromatic carbocycles. The van der Waals surface area contributed by atoms with Crippen LogP contribution in [0.5, 0.6) is 0 Å². The number of para-hydroxylation sites is 1. The monoisotopic (exact) mass is 300 g/mol. The van der Waals surface area contributed by atoms with Gasteiger partial charge >= 0.3 is 0 Å². The second-order valence-corrected chi connectivity index (χ2v) is 5.20. The molecule has 2 heterocycles. The summed E-state index contributed by atoms with van der Waals surface area (Å²) in [6.45, 7) is 0. The molecule has 4 rings (SSSR count). The van der Waals surface area contributed by atoms with E-state index in [0.717, 1.165) is 22.3 Å². The third-order valence-electron chi connectivity index (χ3n) is 3.77. The lowest BCUT2D eigenvalue weighted by molar-refractivity contribution is 0.463. The Bertz CT molecular complexity index is 945. The number of furan rings is 1. The topological polar surface area (TPSA) is 67.6 Å². The van der Waals surface area contributed by atoms with Crippen molar-refractivity contribution in [2.24, 2.45) is 0 Å². The van der Waals surface area contributed by atoms with Gasteiger partial charge in [0.05, 0.1) is 11.6 Å². The van der Waals surface area contributed by atoms with Gasteiger partial charge in [-0.1, -0.05) is 30.3 Å². The van der Waals surface area contributed by atoms with E-state index in [9.17, 15) is 0 Å². The minimum Gasteiger partial charge on any atom is -0.458 e. The van der Waals surface area contributed by atoms with Gasteiger partial charge in [-0.3, -0.25) is 0 Å². The van der Waals surface area contributed by atoms with Crippen LogP contribution >= 0.6 is 0 Å². The molecule has 0 saturated carbocycles. The Morgan fingerprint density at radius 3 is 2.61 bits per heavy atom. The van der Waals surface area contributed by atoms with E-state index in [1.807, 2.05) is 42.5 Å². The fraction of sp³-hybridized carbons (Fsp3) is 0.0556. The van der Waals surface area contributed by atoms with Crippen LogP contribution in [0.3, 0.4) is 0 Å². The Labute approximate surface area is 132 Å². The molecule has 0 aliphatic carbocycles.